The van der Waals surface area contributed by atoms with Crippen LogP contribution in [-0.2, 0) is 14.8 Å². The first-order valence-corrected chi connectivity index (χ1v) is 8.78. The zero-order valence-corrected chi connectivity index (χ0v) is 13.7. The Balaban J connectivity index is 1.86. The number of aryl methyl sites for hydroxylation is 1. The van der Waals surface area contributed by atoms with Gasteiger partial charge in [-0.15, -0.1) is 0 Å². The molecule has 2 aromatic rings. The third kappa shape index (κ3) is 5.99. The van der Waals surface area contributed by atoms with Crippen molar-refractivity contribution in [2.45, 2.75) is 6.92 Å². The lowest BCUT2D eigenvalue weighted by Gasteiger charge is -2.09. The number of amides is 1. The number of rotatable bonds is 6. The molecule has 7 heteroatoms. The van der Waals surface area contributed by atoms with Crippen LogP contribution in [0.15, 0.2) is 48.5 Å². The van der Waals surface area contributed by atoms with E-state index < -0.39 is 10.0 Å². The highest BCUT2D eigenvalue weighted by molar-refractivity contribution is 7.92. The second kappa shape index (κ2) is 7.15. The van der Waals surface area contributed by atoms with Gasteiger partial charge in [0, 0.05) is 11.4 Å². The Morgan fingerprint density at radius 3 is 2.13 bits per heavy atom. The summed E-state index contributed by atoms with van der Waals surface area (Å²) >= 11 is 0. The van der Waals surface area contributed by atoms with Gasteiger partial charge >= 0.3 is 0 Å². The van der Waals surface area contributed by atoms with Gasteiger partial charge in [-0.2, -0.15) is 0 Å². The highest BCUT2D eigenvalue weighted by Gasteiger charge is 2.05. The van der Waals surface area contributed by atoms with Gasteiger partial charge in [0.15, 0.2) is 6.61 Å². The first-order valence-electron chi connectivity index (χ1n) is 6.89. The fourth-order valence-electron chi connectivity index (χ4n) is 1.82. The lowest BCUT2D eigenvalue weighted by atomic mass is 10.2. The molecule has 0 saturated carbocycles. The van der Waals surface area contributed by atoms with Gasteiger partial charge in [-0.1, -0.05) is 17.7 Å². The van der Waals surface area contributed by atoms with E-state index in [0.717, 1.165) is 11.8 Å². The third-order valence-corrected chi connectivity index (χ3v) is 3.47. The van der Waals surface area contributed by atoms with Crippen molar-refractivity contribution < 1.29 is 17.9 Å². The Hall–Kier alpha value is -2.54. The van der Waals surface area contributed by atoms with Crippen molar-refractivity contribution in [3.8, 4) is 5.75 Å². The smallest absolute Gasteiger partial charge is 0.262 e. The molecule has 122 valence electrons. The molecule has 1 amide bonds. The molecule has 0 aliphatic heterocycles. The zero-order chi connectivity index (χ0) is 16.9. The van der Waals surface area contributed by atoms with Crippen molar-refractivity contribution in [1.82, 2.24) is 0 Å². The molecular formula is C16H18N2O4S. The maximum absolute atomic E-state index is 11.8. The minimum Gasteiger partial charge on any atom is -0.484 e. The summed E-state index contributed by atoms with van der Waals surface area (Å²) in [6.45, 7) is 1.87. The molecule has 2 rings (SSSR count). The summed E-state index contributed by atoms with van der Waals surface area (Å²) in [7, 11) is -3.31. The monoisotopic (exact) mass is 334 g/mol. The van der Waals surface area contributed by atoms with Gasteiger partial charge in [0.05, 0.1) is 6.26 Å². The Kier molecular flexibility index (Phi) is 5.23. The fourth-order valence-corrected chi connectivity index (χ4v) is 2.38. The van der Waals surface area contributed by atoms with Crippen molar-refractivity contribution in [2.24, 2.45) is 0 Å². The van der Waals surface area contributed by atoms with Crippen LogP contribution in [-0.4, -0.2) is 27.2 Å². The second-order valence-corrected chi connectivity index (χ2v) is 6.85. The molecule has 6 nitrogen and oxygen atoms in total. The van der Waals surface area contributed by atoms with Crippen molar-refractivity contribution in [1.29, 1.82) is 0 Å². The van der Waals surface area contributed by atoms with E-state index in [0.29, 0.717) is 17.1 Å². The number of ether oxygens (including phenoxy) is 1. The molecule has 0 saturated heterocycles. The number of nitrogens with one attached hydrogen (secondary N) is 2. The first kappa shape index (κ1) is 16.8. The van der Waals surface area contributed by atoms with E-state index in [1.807, 2.05) is 19.1 Å². The summed E-state index contributed by atoms with van der Waals surface area (Å²) in [5, 5.41) is 2.67. The minimum atomic E-state index is -3.31. The Labute approximate surface area is 135 Å². The molecule has 2 aromatic carbocycles. The summed E-state index contributed by atoms with van der Waals surface area (Å²) in [5.74, 6) is 0.327. The molecule has 0 aliphatic rings. The fraction of sp³-hybridized carbons (Fsp3) is 0.188. The number of carbonyl (C=O) groups is 1. The summed E-state index contributed by atoms with van der Waals surface area (Å²) < 4.78 is 29.9. The molecule has 0 aliphatic carbocycles. The van der Waals surface area contributed by atoms with E-state index in [9.17, 15) is 13.2 Å². The highest BCUT2D eigenvalue weighted by Crippen LogP contribution is 2.15. The molecule has 0 bridgehead atoms. The Morgan fingerprint density at radius 1 is 1.00 bits per heavy atom. The van der Waals surface area contributed by atoms with Crippen LogP contribution in [0.5, 0.6) is 5.75 Å². The second-order valence-electron chi connectivity index (χ2n) is 5.10. The normalized spacial score (nSPS) is 10.9. The summed E-state index contributed by atoms with van der Waals surface area (Å²) in [6.07, 6.45) is 1.07. The standard InChI is InChI=1S/C16H18N2O4S/c1-12-3-9-15(10-4-12)22-11-16(19)17-13-5-7-14(8-6-13)18-23(2,20)21/h3-10,18H,11H2,1-2H3,(H,17,19). The van der Waals surface area contributed by atoms with E-state index in [2.05, 4.69) is 10.0 Å². The average molecular weight is 334 g/mol. The van der Waals surface area contributed by atoms with E-state index in [4.69, 9.17) is 4.74 Å². The maximum atomic E-state index is 11.8. The molecule has 0 unspecified atom stereocenters. The molecule has 0 aromatic heterocycles. The third-order valence-electron chi connectivity index (χ3n) is 2.86. The van der Waals surface area contributed by atoms with E-state index >= 15 is 0 Å². The zero-order valence-electron chi connectivity index (χ0n) is 12.9. The predicted octanol–water partition coefficient (Wildman–Crippen LogP) is 2.38. The van der Waals surface area contributed by atoms with Crippen molar-refractivity contribution in [3.05, 3.63) is 54.1 Å². The summed E-state index contributed by atoms with van der Waals surface area (Å²) in [6, 6.07) is 13.8. The van der Waals surface area contributed by atoms with Crippen LogP contribution in [0, 0.1) is 6.92 Å². The lowest BCUT2D eigenvalue weighted by molar-refractivity contribution is -0.118. The quantitative estimate of drug-likeness (QED) is 0.849. The van der Waals surface area contributed by atoms with Gasteiger partial charge < -0.3 is 10.1 Å². The topological polar surface area (TPSA) is 84.5 Å². The number of anilines is 2. The van der Waals surface area contributed by atoms with Crippen molar-refractivity contribution >= 4 is 27.3 Å². The van der Waals surface area contributed by atoms with Gasteiger partial charge in [0.1, 0.15) is 5.75 Å². The number of benzene rings is 2. The number of sulfonamides is 1. The van der Waals surface area contributed by atoms with Crippen LogP contribution >= 0.6 is 0 Å². The molecule has 0 atom stereocenters. The largest absolute Gasteiger partial charge is 0.484 e. The van der Waals surface area contributed by atoms with E-state index in [1.165, 1.54) is 0 Å². The molecule has 2 N–H and O–H groups in total. The Morgan fingerprint density at radius 2 is 1.57 bits per heavy atom. The highest BCUT2D eigenvalue weighted by atomic mass is 32.2. The molecule has 0 fully saturated rings. The van der Waals surface area contributed by atoms with Gasteiger partial charge in [-0.25, -0.2) is 8.42 Å². The Bertz CT molecular complexity index is 769. The van der Waals surface area contributed by atoms with Crippen LogP contribution in [0.25, 0.3) is 0 Å². The first-order chi connectivity index (χ1) is 10.8. The van der Waals surface area contributed by atoms with Gasteiger partial charge in [-0.3, -0.25) is 9.52 Å². The number of hydrogen-bond acceptors (Lipinski definition) is 4. The van der Waals surface area contributed by atoms with Gasteiger partial charge in [0.25, 0.3) is 5.91 Å². The SMILES string of the molecule is Cc1ccc(OCC(=O)Nc2ccc(NS(C)(=O)=O)cc2)cc1. The van der Waals surface area contributed by atoms with Gasteiger partial charge in [0.2, 0.25) is 10.0 Å². The summed E-state index contributed by atoms with van der Waals surface area (Å²) in [4.78, 5) is 11.8. The van der Waals surface area contributed by atoms with E-state index in [1.54, 1.807) is 36.4 Å². The lowest BCUT2D eigenvalue weighted by Crippen LogP contribution is -2.20. The number of carbonyl (C=O) groups excluding carboxylic acids is 1. The minimum absolute atomic E-state index is 0.105. The number of hydrogen-bond donors (Lipinski definition) is 2. The predicted molar refractivity (Wildman–Crippen MR) is 90.2 cm³/mol. The molecular weight excluding hydrogens is 316 g/mol. The molecule has 0 spiro atoms. The van der Waals surface area contributed by atoms with Crippen LogP contribution in [0.1, 0.15) is 5.56 Å². The van der Waals surface area contributed by atoms with Crippen LogP contribution in [0.4, 0.5) is 11.4 Å². The van der Waals surface area contributed by atoms with E-state index in [-0.39, 0.29) is 12.5 Å². The molecule has 23 heavy (non-hydrogen) atoms. The average Bonchev–Trinajstić information content (AvgIpc) is 2.47. The molecule has 0 heterocycles. The molecule has 0 radical (unpaired) electrons. The van der Waals surface area contributed by atoms with Crippen LogP contribution in [0.3, 0.4) is 0 Å². The maximum Gasteiger partial charge on any atom is 0.262 e. The van der Waals surface area contributed by atoms with Gasteiger partial charge in [-0.05, 0) is 43.3 Å². The van der Waals surface area contributed by atoms with Crippen molar-refractivity contribution in [2.75, 3.05) is 22.9 Å². The summed E-state index contributed by atoms with van der Waals surface area (Å²) in [5.41, 5.74) is 2.10. The van der Waals surface area contributed by atoms with Crippen molar-refractivity contribution in [3.63, 3.8) is 0 Å². The van der Waals surface area contributed by atoms with Crippen LogP contribution in [0.2, 0.25) is 0 Å². The van der Waals surface area contributed by atoms with Crippen LogP contribution < -0.4 is 14.8 Å².